The highest BCUT2D eigenvalue weighted by Crippen LogP contribution is 2.23. The number of aromatic nitrogens is 3. The Hall–Kier alpha value is -2.17. The number of aryl methyl sites for hydroxylation is 3. The average molecular weight is 270 g/mol. The predicted octanol–water partition coefficient (Wildman–Crippen LogP) is 1.79. The van der Waals surface area contributed by atoms with E-state index in [4.69, 9.17) is 0 Å². The van der Waals surface area contributed by atoms with E-state index in [0.717, 1.165) is 24.2 Å². The molecule has 0 fully saturated rings. The number of fused-ring (bicyclic) bond motifs is 1. The topological polar surface area (TPSA) is 59.8 Å². The van der Waals surface area contributed by atoms with Crippen molar-refractivity contribution in [1.82, 2.24) is 20.1 Å². The molecule has 1 aromatic carbocycles. The number of nitrogens with zero attached hydrogens (tertiary/aromatic N) is 3. The van der Waals surface area contributed by atoms with Crippen molar-refractivity contribution in [1.29, 1.82) is 0 Å². The van der Waals surface area contributed by atoms with Gasteiger partial charge in [0.05, 0.1) is 6.04 Å². The lowest BCUT2D eigenvalue weighted by Gasteiger charge is -2.13. The lowest BCUT2D eigenvalue weighted by atomic mass is 10.1. The minimum atomic E-state index is -0.164. The van der Waals surface area contributed by atoms with Crippen molar-refractivity contribution in [2.45, 2.75) is 32.2 Å². The fraction of sp³-hybridized carbons (Fsp3) is 0.400. The molecule has 0 bridgehead atoms. The Balaban J connectivity index is 1.75. The Morgan fingerprint density at radius 3 is 2.90 bits per heavy atom. The van der Waals surface area contributed by atoms with Gasteiger partial charge in [-0.15, -0.1) is 0 Å². The summed E-state index contributed by atoms with van der Waals surface area (Å²) in [5.74, 6) is 0.690. The molecule has 1 aliphatic carbocycles. The zero-order valence-electron chi connectivity index (χ0n) is 11.8. The normalized spacial score (nSPS) is 14.9. The molecule has 1 atom stereocenters. The predicted molar refractivity (Wildman–Crippen MR) is 75.4 cm³/mol. The summed E-state index contributed by atoms with van der Waals surface area (Å²) in [5.41, 5.74) is 3.41. The maximum Gasteiger partial charge on any atom is 0.251 e. The molecule has 0 aliphatic heterocycles. The summed E-state index contributed by atoms with van der Waals surface area (Å²) in [7, 11) is 1.82. The molecule has 5 heteroatoms. The number of rotatable bonds is 3. The third-order valence-corrected chi connectivity index (χ3v) is 3.84. The molecule has 104 valence electrons. The smallest absolute Gasteiger partial charge is 0.251 e. The van der Waals surface area contributed by atoms with Crippen molar-refractivity contribution >= 4 is 5.91 Å². The van der Waals surface area contributed by atoms with Gasteiger partial charge in [0.1, 0.15) is 12.2 Å². The van der Waals surface area contributed by atoms with E-state index < -0.39 is 0 Å². The van der Waals surface area contributed by atoms with Gasteiger partial charge in [-0.25, -0.2) is 4.98 Å². The Bertz CT molecular complexity index is 647. The quantitative estimate of drug-likeness (QED) is 0.925. The average Bonchev–Trinajstić information content (AvgIpc) is 3.05. The number of hydrogen-bond donors (Lipinski definition) is 1. The molecule has 0 spiro atoms. The number of benzene rings is 1. The van der Waals surface area contributed by atoms with Crippen LogP contribution in [-0.4, -0.2) is 20.7 Å². The van der Waals surface area contributed by atoms with Crippen molar-refractivity contribution in [2.24, 2.45) is 7.05 Å². The number of carbonyl (C=O) groups is 1. The first-order chi connectivity index (χ1) is 9.65. The molecular formula is C15H18N4O. The fourth-order valence-corrected chi connectivity index (χ4v) is 2.75. The zero-order valence-corrected chi connectivity index (χ0v) is 11.8. The monoisotopic (exact) mass is 270 g/mol. The highest BCUT2D eigenvalue weighted by molar-refractivity contribution is 5.94. The highest BCUT2D eigenvalue weighted by atomic mass is 16.1. The van der Waals surface area contributed by atoms with E-state index >= 15 is 0 Å². The molecule has 1 amide bonds. The van der Waals surface area contributed by atoms with Crippen molar-refractivity contribution in [3.63, 3.8) is 0 Å². The van der Waals surface area contributed by atoms with Gasteiger partial charge in [-0.1, -0.05) is 6.07 Å². The minimum Gasteiger partial charge on any atom is -0.342 e. The van der Waals surface area contributed by atoms with Crippen LogP contribution in [0.25, 0.3) is 0 Å². The van der Waals surface area contributed by atoms with Crippen LogP contribution in [0, 0.1) is 0 Å². The summed E-state index contributed by atoms with van der Waals surface area (Å²) >= 11 is 0. The maximum atomic E-state index is 12.3. The Labute approximate surface area is 118 Å². The van der Waals surface area contributed by atoms with Crippen molar-refractivity contribution in [3.05, 3.63) is 47.0 Å². The molecule has 0 saturated carbocycles. The molecule has 1 aliphatic rings. The van der Waals surface area contributed by atoms with E-state index in [-0.39, 0.29) is 11.9 Å². The summed E-state index contributed by atoms with van der Waals surface area (Å²) in [6.45, 7) is 1.91. The number of nitrogens with one attached hydrogen (secondary N) is 1. The van der Waals surface area contributed by atoms with Crippen molar-refractivity contribution < 1.29 is 4.79 Å². The van der Waals surface area contributed by atoms with Crippen LogP contribution in [0.5, 0.6) is 0 Å². The van der Waals surface area contributed by atoms with Gasteiger partial charge in [-0.3, -0.25) is 9.48 Å². The van der Waals surface area contributed by atoms with Gasteiger partial charge in [0.25, 0.3) is 5.91 Å². The lowest BCUT2D eigenvalue weighted by Crippen LogP contribution is -2.28. The Morgan fingerprint density at radius 2 is 2.15 bits per heavy atom. The Kier molecular flexibility index (Phi) is 3.26. The second kappa shape index (κ2) is 5.07. The zero-order chi connectivity index (χ0) is 14.1. The molecule has 0 saturated heterocycles. The van der Waals surface area contributed by atoms with Crippen LogP contribution in [-0.2, 0) is 19.9 Å². The minimum absolute atomic E-state index is 0.0600. The van der Waals surface area contributed by atoms with E-state index in [9.17, 15) is 4.79 Å². The standard InChI is InChI=1S/C15H18N4O/c1-10(14-16-9-17-19(14)2)18-15(20)13-7-6-11-4-3-5-12(11)8-13/h6-10H,3-5H2,1-2H3,(H,18,20)/t10-/m1/s1. The summed E-state index contributed by atoms with van der Waals surface area (Å²) in [4.78, 5) is 16.5. The molecule has 0 radical (unpaired) electrons. The van der Waals surface area contributed by atoms with E-state index in [1.54, 1.807) is 4.68 Å². The first kappa shape index (κ1) is 12.8. The molecular weight excluding hydrogens is 252 g/mol. The largest absolute Gasteiger partial charge is 0.342 e. The van der Waals surface area contributed by atoms with Gasteiger partial charge in [0, 0.05) is 12.6 Å². The van der Waals surface area contributed by atoms with Gasteiger partial charge >= 0.3 is 0 Å². The van der Waals surface area contributed by atoms with Crippen LogP contribution in [0.4, 0.5) is 0 Å². The summed E-state index contributed by atoms with van der Waals surface area (Å²) in [5, 5.41) is 6.99. The van der Waals surface area contributed by atoms with E-state index in [1.165, 1.54) is 23.9 Å². The first-order valence-electron chi connectivity index (χ1n) is 6.91. The second-order valence-corrected chi connectivity index (χ2v) is 5.27. The molecule has 0 unspecified atom stereocenters. The van der Waals surface area contributed by atoms with Crippen LogP contribution >= 0.6 is 0 Å². The summed E-state index contributed by atoms with van der Waals surface area (Å²) in [6, 6.07) is 5.83. The number of amides is 1. The van der Waals surface area contributed by atoms with Gasteiger partial charge in [-0.05, 0) is 49.4 Å². The highest BCUT2D eigenvalue weighted by Gasteiger charge is 2.17. The number of hydrogen-bond acceptors (Lipinski definition) is 3. The van der Waals surface area contributed by atoms with Gasteiger partial charge < -0.3 is 5.32 Å². The van der Waals surface area contributed by atoms with Crippen LogP contribution in [0.2, 0.25) is 0 Å². The molecule has 1 aromatic heterocycles. The van der Waals surface area contributed by atoms with E-state index in [0.29, 0.717) is 0 Å². The third kappa shape index (κ3) is 2.31. The fourth-order valence-electron chi connectivity index (χ4n) is 2.75. The summed E-state index contributed by atoms with van der Waals surface area (Å²) < 4.78 is 1.67. The van der Waals surface area contributed by atoms with E-state index in [1.807, 2.05) is 26.1 Å². The van der Waals surface area contributed by atoms with Crippen molar-refractivity contribution in [3.8, 4) is 0 Å². The SMILES string of the molecule is C[C@@H](NC(=O)c1ccc2c(c1)CCC2)c1ncnn1C. The molecule has 1 N–H and O–H groups in total. The van der Waals surface area contributed by atoms with Crippen LogP contribution in [0.15, 0.2) is 24.5 Å². The molecule has 2 aromatic rings. The van der Waals surface area contributed by atoms with Crippen LogP contribution < -0.4 is 5.32 Å². The van der Waals surface area contributed by atoms with Gasteiger partial charge in [-0.2, -0.15) is 5.10 Å². The summed E-state index contributed by atoms with van der Waals surface area (Å²) in [6.07, 6.45) is 4.89. The van der Waals surface area contributed by atoms with Crippen LogP contribution in [0.1, 0.15) is 46.7 Å². The molecule has 5 nitrogen and oxygen atoms in total. The van der Waals surface area contributed by atoms with Gasteiger partial charge in [0.15, 0.2) is 0 Å². The Morgan fingerprint density at radius 1 is 1.35 bits per heavy atom. The molecule has 1 heterocycles. The lowest BCUT2D eigenvalue weighted by molar-refractivity contribution is 0.0937. The first-order valence-corrected chi connectivity index (χ1v) is 6.91. The van der Waals surface area contributed by atoms with E-state index in [2.05, 4.69) is 21.5 Å². The third-order valence-electron chi connectivity index (χ3n) is 3.84. The van der Waals surface area contributed by atoms with Crippen LogP contribution in [0.3, 0.4) is 0 Å². The second-order valence-electron chi connectivity index (χ2n) is 5.27. The maximum absolute atomic E-state index is 12.3. The molecule has 3 rings (SSSR count). The van der Waals surface area contributed by atoms with Crippen molar-refractivity contribution in [2.75, 3.05) is 0 Å². The molecule has 20 heavy (non-hydrogen) atoms. The van der Waals surface area contributed by atoms with Gasteiger partial charge in [0.2, 0.25) is 0 Å². The number of carbonyl (C=O) groups excluding carboxylic acids is 1.